The molecule has 2 aromatic heterocycles. The maximum absolute atomic E-state index is 11.4. The van der Waals surface area contributed by atoms with Gasteiger partial charge in [-0.1, -0.05) is 4.49 Å². The quantitative estimate of drug-likeness (QED) is 0.614. The van der Waals surface area contributed by atoms with Crippen molar-refractivity contribution >= 4 is 29.2 Å². The van der Waals surface area contributed by atoms with Gasteiger partial charge in [-0.3, -0.25) is 9.89 Å². The average molecular weight is 211 g/mol. The number of nitrogens with one attached hydrogen (secondary N) is 2. The number of hydrogen-bond acceptors (Lipinski definition) is 7. The fraction of sp³-hybridized carbons (Fsp3) is 0. The summed E-state index contributed by atoms with van der Waals surface area (Å²) < 4.78 is 3.58. The molecule has 0 saturated heterocycles. The second-order valence-electron chi connectivity index (χ2n) is 2.29. The Kier molecular flexibility index (Phi) is 2.07. The van der Waals surface area contributed by atoms with E-state index < -0.39 is 5.91 Å². The molecule has 72 valence electrons. The van der Waals surface area contributed by atoms with Crippen LogP contribution in [0.25, 0.3) is 0 Å². The first-order valence-corrected chi connectivity index (χ1v) is 4.35. The number of nitrogens with two attached hydrogens (primary N) is 1. The van der Waals surface area contributed by atoms with Crippen molar-refractivity contribution in [2.45, 2.75) is 0 Å². The molecular formula is C5H5N7OS. The van der Waals surface area contributed by atoms with Gasteiger partial charge in [0.25, 0.3) is 5.91 Å². The number of aromatic amines is 1. The molecule has 0 radical (unpaired) electrons. The molecule has 0 aliphatic heterocycles. The van der Waals surface area contributed by atoms with Crippen molar-refractivity contribution < 1.29 is 4.79 Å². The SMILES string of the molecule is Nc1n[nH]c(C(=O)Nc2csnn2)n1. The van der Waals surface area contributed by atoms with Gasteiger partial charge in [0, 0.05) is 0 Å². The molecule has 2 aromatic rings. The van der Waals surface area contributed by atoms with Crippen molar-refractivity contribution in [3.8, 4) is 0 Å². The van der Waals surface area contributed by atoms with Crippen LogP contribution in [0.5, 0.6) is 0 Å². The molecule has 1 amide bonds. The van der Waals surface area contributed by atoms with Gasteiger partial charge in [-0.05, 0) is 11.5 Å². The molecule has 0 fully saturated rings. The van der Waals surface area contributed by atoms with Crippen LogP contribution < -0.4 is 11.1 Å². The lowest BCUT2D eigenvalue weighted by Gasteiger charge is -1.94. The Balaban J connectivity index is 2.10. The standard InChI is InChI=1S/C5H5N7OS/c6-5-8-3(10-11-5)4(13)7-2-1-14-12-9-2/h1H,(H,7,13)(H3,6,8,10,11). The van der Waals surface area contributed by atoms with Gasteiger partial charge in [0.2, 0.25) is 11.8 Å². The Morgan fingerprint density at radius 2 is 2.50 bits per heavy atom. The third kappa shape index (κ3) is 1.66. The van der Waals surface area contributed by atoms with Crippen LogP contribution in [-0.2, 0) is 0 Å². The first-order chi connectivity index (χ1) is 6.75. The number of nitrogens with zero attached hydrogens (tertiary/aromatic N) is 4. The third-order valence-electron chi connectivity index (χ3n) is 1.32. The molecule has 8 nitrogen and oxygen atoms in total. The van der Waals surface area contributed by atoms with Gasteiger partial charge in [-0.25, -0.2) is 0 Å². The van der Waals surface area contributed by atoms with E-state index >= 15 is 0 Å². The van der Waals surface area contributed by atoms with Gasteiger partial charge < -0.3 is 11.1 Å². The second kappa shape index (κ2) is 3.38. The minimum Gasteiger partial charge on any atom is -0.366 e. The molecule has 0 spiro atoms. The molecule has 14 heavy (non-hydrogen) atoms. The number of aromatic nitrogens is 5. The zero-order chi connectivity index (χ0) is 9.97. The van der Waals surface area contributed by atoms with Gasteiger partial charge >= 0.3 is 0 Å². The van der Waals surface area contributed by atoms with Crippen LogP contribution in [0.4, 0.5) is 11.8 Å². The van der Waals surface area contributed by atoms with Crippen LogP contribution in [0, 0.1) is 0 Å². The van der Waals surface area contributed by atoms with Gasteiger partial charge in [0.15, 0.2) is 5.82 Å². The minimum atomic E-state index is -0.457. The highest BCUT2D eigenvalue weighted by atomic mass is 32.1. The summed E-state index contributed by atoms with van der Waals surface area (Å²) in [5.74, 6) is -0.0288. The van der Waals surface area contributed by atoms with Gasteiger partial charge in [0.05, 0.1) is 5.38 Å². The summed E-state index contributed by atoms with van der Waals surface area (Å²) in [5.41, 5.74) is 5.23. The number of hydrogen-bond donors (Lipinski definition) is 3. The zero-order valence-corrected chi connectivity index (χ0v) is 7.58. The normalized spacial score (nSPS) is 10.0. The van der Waals surface area contributed by atoms with Crippen molar-refractivity contribution in [3.05, 3.63) is 11.2 Å². The molecule has 0 aliphatic carbocycles. The highest BCUT2D eigenvalue weighted by Gasteiger charge is 2.11. The predicted octanol–water partition coefficient (Wildman–Crippen LogP) is -0.509. The zero-order valence-electron chi connectivity index (χ0n) is 6.76. The number of carbonyl (C=O) groups excluding carboxylic acids is 1. The van der Waals surface area contributed by atoms with E-state index in [4.69, 9.17) is 5.73 Å². The molecule has 0 saturated carbocycles. The van der Waals surface area contributed by atoms with Gasteiger partial charge in [0.1, 0.15) is 0 Å². The summed E-state index contributed by atoms with van der Waals surface area (Å²) in [6.07, 6.45) is 0. The Morgan fingerprint density at radius 1 is 1.64 bits per heavy atom. The van der Waals surface area contributed by atoms with E-state index in [1.54, 1.807) is 5.38 Å². The first-order valence-electron chi connectivity index (χ1n) is 3.52. The fourth-order valence-electron chi connectivity index (χ4n) is 0.771. The Labute approximate surface area is 81.7 Å². The van der Waals surface area contributed by atoms with Gasteiger partial charge in [-0.2, -0.15) is 4.98 Å². The Bertz CT molecular complexity index is 435. The molecule has 9 heteroatoms. The molecule has 4 N–H and O–H groups in total. The topological polar surface area (TPSA) is 122 Å². The first kappa shape index (κ1) is 8.56. The molecule has 2 heterocycles. The van der Waals surface area contributed by atoms with E-state index in [9.17, 15) is 4.79 Å². The molecule has 0 atom stereocenters. The van der Waals surface area contributed by atoms with Crippen molar-refractivity contribution in [1.82, 2.24) is 24.8 Å². The van der Waals surface area contributed by atoms with Crippen LogP contribution in [0.3, 0.4) is 0 Å². The largest absolute Gasteiger partial charge is 0.366 e. The Hall–Kier alpha value is -2.03. The van der Waals surface area contributed by atoms with E-state index in [1.165, 1.54) is 0 Å². The molecule has 0 bridgehead atoms. The maximum atomic E-state index is 11.4. The molecular weight excluding hydrogens is 206 g/mol. The van der Waals surface area contributed by atoms with Crippen LogP contribution in [0.2, 0.25) is 0 Å². The summed E-state index contributed by atoms with van der Waals surface area (Å²) in [5, 5.41) is 13.6. The lowest BCUT2D eigenvalue weighted by Crippen LogP contribution is -2.14. The highest BCUT2D eigenvalue weighted by molar-refractivity contribution is 7.03. The van der Waals surface area contributed by atoms with Gasteiger partial charge in [-0.15, -0.1) is 10.2 Å². The summed E-state index contributed by atoms with van der Waals surface area (Å²) in [7, 11) is 0. The van der Waals surface area contributed by atoms with Crippen molar-refractivity contribution in [2.24, 2.45) is 0 Å². The van der Waals surface area contributed by atoms with Crippen molar-refractivity contribution in [2.75, 3.05) is 11.1 Å². The molecule has 0 unspecified atom stereocenters. The number of carbonyl (C=O) groups is 1. The van der Waals surface area contributed by atoms with Crippen LogP contribution >= 0.6 is 11.5 Å². The van der Waals surface area contributed by atoms with Crippen LogP contribution in [-0.4, -0.2) is 30.7 Å². The van der Waals surface area contributed by atoms with E-state index in [-0.39, 0.29) is 11.8 Å². The fourth-order valence-corrected chi connectivity index (χ4v) is 1.16. The molecule has 2 rings (SSSR count). The highest BCUT2D eigenvalue weighted by Crippen LogP contribution is 2.04. The van der Waals surface area contributed by atoms with E-state index in [0.717, 1.165) is 11.5 Å². The van der Waals surface area contributed by atoms with E-state index in [1.807, 2.05) is 0 Å². The lowest BCUT2D eigenvalue weighted by molar-refractivity contribution is 0.101. The summed E-state index contributed by atoms with van der Waals surface area (Å²) >= 11 is 1.14. The number of rotatable bonds is 2. The summed E-state index contributed by atoms with van der Waals surface area (Å²) in [6, 6.07) is 0. The minimum absolute atomic E-state index is 0.0200. The number of amides is 1. The summed E-state index contributed by atoms with van der Waals surface area (Å²) in [4.78, 5) is 15.0. The Morgan fingerprint density at radius 3 is 3.07 bits per heavy atom. The number of anilines is 2. The lowest BCUT2D eigenvalue weighted by atomic mass is 10.5. The smallest absolute Gasteiger partial charge is 0.294 e. The maximum Gasteiger partial charge on any atom is 0.294 e. The number of H-pyrrole nitrogens is 1. The third-order valence-corrected chi connectivity index (χ3v) is 1.82. The molecule has 0 aliphatic rings. The van der Waals surface area contributed by atoms with Crippen molar-refractivity contribution in [1.29, 1.82) is 0 Å². The monoisotopic (exact) mass is 211 g/mol. The molecule has 0 aromatic carbocycles. The second-order valence-corrected chi connectivity index (χ2v) is 2.90. The average Bonchev–Trinajstić information content (AvgIpc) is 2.75. The predicted molar refractivity (Wildman–Crippen MR) is 48.7 cm³/mol. The van der Waals surface area contributed by atoms with Crippen molar-refractivity contribution in [3.63, 3.8) is 0 Å². The van der Waals surface area contributed by atoms with Crippen LogP contribution in [0.15, 0.2) is 5.38 Å². The van der Waals surface area contributed by atoms with Crippen LogP contribution in [0.1, 0.15) is 10.6 Å². The van der Waals surface area contributed by atoms with E-state index in [0.29, 0.717) is 5.82 Å². The number of nitrogen functional groups attached to an aromatic ring is 1. The summed E-state index contributed by atoms with van der Waals surface area (Å²) in [6.45, 7) is 0. The van der Waals surface area contributed by atoms with E-state index in [2.05, 4.69) is 30.1 Å².